The zero-order chi connectivity index (χ0) is 25.3. The molecule has 9 nitrogen and oxygen atoms in total. The molecule has 1 saturated heterocycles. The summed E-state index contributed by atoms with van der Waals surface area (Å²) in [5.74, 6) is -3.14. The lowest BCUT2D eigenvalue weighted by Crippen LogP contribution is -2.48. The molecule has 34 heavy (non-hydrogen) atoms. The topological polar surface area (TPSA) is 136 Å². The Bertz CT molecular complexity index is 1090. The molecule has 3 rings (SSSR count). The third kappa shape index (κ3) is 6.61. The first-order valence-electron chi connectivity index (χ1n) is 10.6. The molecule has 1 aromatic carbocycles. The average Bonchev–Trinajstić information content (AvgIpc) is 3.49. The lowest BCUT2D eigenvalue weighted by atomic mass is 9.95. The minimum atomic E-state index is -5.01. The molecule has 1 atom stereocenters. The highest BCUT2D eigenvalue weighted by Gasteiger charge is 2.54. The summed E-state index contributed by atoms with van der Waals surface area (Å²) in [6.45, 7) is 0.209. The van der Waals surface area contributed by atoms with Crippen LogP contribution in [0, 0.1) is 11.3 Å². The zero-order valence-corrected chi connectivity index (χ0v) is 19.3. The molecule has 1 heterocycles. The molecule has 13 heteroatoms. The van der Waals surface area contributed by atoms with Crippen LogP contribution >= 0.6 is 0 Å². The molecule has 1 aliphatic carbocycles. The Morgan fingerprint density at radius 1 is 1.26 bits per heavy atom. The number of likely N-dealkylation sites (tertiary alicyclic amines) is 1. The Labute approximate surface area is 194 Å². The molecule has 3 amide bonds. The van der Waals surface area contributed by atoms with Crippen LogP contribution in [-0.4, -0.2) is 62.5 Å². The Balaban J connectivity index is 1.65. The number of hydrogen-bond acceptors (Lipinski definition) is 6. The van der Waals surface area contributed by atoms with E-state index in [1.807, 2.05) is 0 Å². The number of amides is 3. The van der Waals surface area contributed by atoms with Crippen LogP contribution in [0.2, 0.25) is 0 Å². The summed E-state index contributed by atoms with van der Waals surface area (Å²) in [7, 11) is -3.35. The Kier molecular flexibility index (Phi) is 7.15. The standard InChI is InChI=1S/C21H26F3N3O6S/c1-34(31,32)12-20(6-7-20)19(30)27-8-2-3-15(11-27)18(29)26-10-14-5-4-13(17(25)28)9-16(14)33-21(22,23)24/h4-5,9,15H,2-3,6-8,10-12H2,1H3,(H2,25,28)(H,26,29)/t15-/m1/s1. The van der Waals surface area contributed by atoms with E-state index >= 15 is 0 Å². The van der Waals surface area contributed by atoms with Crippen molar-refractivity contribution in [2.45, 2.75) is 38.6 Å². The summed E-state index contributed by atoms with van der Waals surface area (Å²) in [5.41, 5.74) is 4.00. The van der Waals surface area contributed by atoms with Crippen LogP contribution in [0.3, 0.4) is 0 Å². The highest BCUT2D eigenvalue weighted by atomic mass is 32.2. The van der Waals surface area contributed by atoms with Gasteiger partial charge in [0.15, 0.2) is 0 Å². The van der Waals surface area contributed by atoms with Crippen LogP contribution in [0.15, 0.2) is 18.2 Å². The number of nitrogens with one attached hydrogen (secondary N) is 1. The largest absolute Gasteiger partial charge is 0.573 e. The monoisotopic (exact) mass is 505 g/mol. The molecule has 0 unspecified atom stereocenters. The van der Waals surface area contributed by atoms with Gasteiger partial charge in [-0.05, 0) is 37.8 Å². The minimum Gasteiger partial charge on any atom is -0.405 e. The van der Waals surface area contributed by atoms with E-state index in [4.69, 9.17) is 5.73 Å². The zero-order valence-electron chi connectivity index (χ0n) is 18.5. The number of benzene rings is 1. The lowest BCUT2D eigenvalue weighted by Gasteiger charge is -2.34. The smallest absolute Gasteiger partial charge is 0.405 e. The summed E-state index contributed by atoms with van der Waals surface area (Å²) < 4.78 is 65.7. The van der Waals surface area contributed by atoms with Crippen LogP contribution in [0.25, 0.3) is 0 Å². The van der Waals surface area contributed by atoms with Gasteiger partial charge in [-0.1, -0.05) is 6.07 Å². The van der Waals surface area contributed by atoms with Crippen LogP contribution in [-0.2, 0) is 26.0 Å². The molecule has 0 bridgehead atoms. The fourth-order valence-corrected chi connectivity index (χ4v) is 5.60. The molecule has 1 saturated carbocycles. The van der Waals surface area contributed by atoms with Crippen LogP contribution in [0.1, 0.15) is 41.6 Å². The number of carbonyl (C=O) groups excluding carboxylic acids is 3. The third-order valence-electron chi connectivity index (χ3n) is 5.96. The second-order valence-corrected chi connectivity index (χ2v) is 11.0. The molecule has 2 fully saturated rings. The van der Waals surface area contributed by atoms with Crippen molar-refractivity contribution in [2.75, 3.05) is 25.1 Å². The number of rotatable bonds is 8. The first-order valence-corrected chi connectivity index (χ1v) is 12.7. The number of ether oxygens (including phenoxy) is 1. The fraction of sp³-hybridized carbons (Fsp3) is 0.571. The molecule has 3 N–H and O–H groups in total. The fourth-order valence-electron chi connectivity index (χ4n) is 4.18. The van der Waals surface area contributed by atoms with E-state index < -0.39 is 45.1 Å². The second kappa shape index (κ2) is 9.43. The van der Waals surface area contributed by atoms with Gasteiger partial charge in [-0.25, -0.2) is 8.42 Å². The highest BCUT2D eigenvalue weighted by molar-refractivity contribution is 7.90. The average molecular weight is 506 g/mol. The maximum Gasteiger partial charge on any atom is 0.573 e. The molecule has 1 aliphatic heterocycles. The number of piperidine rings is 1. The van der Waals surface area contributed by atoms with Crippen molar-refractivity contribution in [3.8, 4) is 5.75 Å². The van der Waals surface area contributed by atoms with Crippen molar-refractivity contribution < 1.29 is 40.7 Å². The Morgan fingerprint density at radius 3 is 2.50 bits per heavy atom. The number of nitrogens with zero attached hydrogens (tertiary/aromatic N) is 1. The molecule has 1 aromatic rings. The molecule has 0 radical (unpaired) electrons. The van der Waals surface area contributed by atoms with Gasteiger partial charge in [-0.15, -0.1) is 13.2 Å². The minimum absolute atomic E-state index is 0.00972. The maximum absolute atomic E-state index is 12.9. The van der Waals surface area contributed by atoms with Crippen LogP contribution < -0.4 is 15.8 Å². The first-order chi connectivity index (χ1) is 15.7. The molecule has 0 spiro atoms. The second-order valence-electron chi connectivity index (χ2n) is 8.89. The van der Waals surface area contributed by atoms with Gasteiger partial charge in [-0.2, -0.15) is 0 Å². The predicted molar refractivity (Wildman–Crippen MR) is 114 cm³/mol. The summed E-state index contributed by atoms with van der Waals surface area (Å²) in [5, 5.41) is 2.56. The third-order valence-corrected chi connectivity index (χ3v) is 7.03. The number of primary amides is 1. The van der Waals surface area contributed by atoms with Gasteiger partial charge < -0.3 is 20.7 Å². The molecule has 0 aromatic heterocycles. The lowest BCUT2D eigenvalue weighted by molar-refractivity contribution is -0.274. The highest BCUT2D eigenvalue weighted by Crippen LogP contribution is 2.48. The van der Waals surface area contributed by atoms with E-state index in [1.165, 1.54) is 17.0 Å². The van der Waals surface area contributed by atoms with E-state index in [0.717, 1.165) is 12.3 Å². The summed E-state index contributed by atoms with van der Waals surface area (Å²) >= 11 is 0. The van der Waals surface area contributed by atoms with E-state index in [0.29, 0.717) is 32.2 Å². The SMILES string of the molecule is CS(=O)(=O)CC1(C(=O)N2CCC[C@@H](C(=O)NCc3ccc(C(N)=O)cc3OC(F)(F)F)C2)CC1. The van der Waals surface area contributed by atoms with Gasteiger partial charge in [0.1, 0.15) is 15.6 Å². The number of carbonyl (C=O) groups is 3. The number of hydrogen-bond donors (Lipinski definition) is 2. The quantitative estimate of drug-likeness (QED) is 0.548. The normalized spacial score (nSPS) is 19.9. The van der Waals surface area contributed by atoms with Crippen molar-refractivity contribution in [3.63, 3.8) is 0 Å². The summed E-state index contributed by atoms with van der Waals surface area (Å²) in [6.07, 6.45) is -1.95. The van der Waals surface area contributed by atoms with Crippen molar-refractivity contribution >= 4 is 27.6 Å². The van der Waals surface area contributed by atoms with Crippen LogP contribution in [0.4, 0.5) is 13.2 Å². The van der Waals surface area contributed by atoms with Gasteiger partial charge in [0.25, 0.3) is 0 Å². The number of sulfone groups is 1. The summed E-state index contributed by atoms with van der Waals surface area (Å²) in [4.78, 5) is 38.5. The maximum atomic E-state index is 12.9. The van der Waals surface area contributed by atoms with E-state index in [1.54, 1.807) is 0 Å². The van der Waals surface area contributed by atoms with Crippen molar-refractivity contribution in [3.05, 3.63) is 29.3 Å². The number of halogens is 3. The van der Waals surface area contributed by atoms with E-state index in [-0.39, 0.29) is 35.9 Å². The molecule has 188 valence electrons. The van der Waals surface area contributed by atoms with Gasteiger partial charge in [0.2, 0.25) is 17.7 Å². The van der Waals surface area contributed by atoms with E-state index in [2.05, 4.69) is 10.1 Å². The Hall–Kier alpha value is -2.83. The van der Waals surface area contributed by atoms with Gasteiger partial charge >= 0.3 is 6.36 Å². The van der Waals surface area contributed by atoms with Crippen molar-refractivity contribution in [2.24, 2.45) is 17.1 Å². The predicted octanol–water partition coefficient (Wildman–Crippen LogP) is 1.36. The molecular formula is C21H26F3N3O6S. The number of nitrogens with two attached hydrogens (primary N) is 1. The van der Waals surface area contributed by atoms with Gasteiger partial charge in [-0.3, -0.25) is 14.4 Å². The number of alkyl halides is 3. The Morgan fingerprint density at radius 2 is 1.94 bits per heavy atom. The van der Waals surface area contributed by atoms with Crippen LogP contribution in [0.5, 0.6) is 5.75 Å². The van der Waals surface area contributed by atoms with Crippen molar-refractivity contribution in [1.29, 1.82) is 0 Å². The van der Waals surface area contributed by atoms with Gasteiger partial charge in [0.05, 0.1) is 17.1 Å². The first kappa shape index (κ1) is 25.8. The van der Waals surface area contributed by atoms with Gasteiger partial charge in [0, 0.05) is 37.0 Å². The van der Waals surface area contributed by atoms with E-state index in [9.17, 15) is 36.0 Å². The molecular weight excluding hydrogens is 479 g/mol. The summed E-state index contributed by atoms with van der Waals surface area (Å²) in [6, 6.07) is 3.29. The van der Waals surface area contributed by atoms with Crippen molar-refractivity contribution in [1.82, 2.24) is 10.2 Å². The molecule has 2 aliphatic rings.